The second-order valence-corrected chi connectivity index (χ2v) is 4.33. The van der Waals surface area contributed by atoms with E-state index in [9.17, 15) is 18.0 Å². The Hall–Kier alpha value is -1.86. The zero-order valence-corrected chi connectivity index (χ0v) is 10.4. The van der Waals surface area contributed by atoms with Crippen molar-refractivity contribution >= 4 is 11.9 Å². The number of carbonyl (C=O) groups is 1. The van der Waals surface area contributed by atoms with Crippen molar-refractivity contribution in [2.45, 2.75) is 20.0 Å². The van der Waals surface area contributed by atoms with Crippen LogP contribution in [0.4, 0.5) is 19.1 Å². The van der Waals surface area contributed by atoms with E-state index < -0.39 is 23.8 Å². The summed E-state index contributed by atoms with van der Waals surface area (Å²) < 4.78 is 37.2. The summed E-state index contributed by atoms with van der Waals surface area (Å²) in [5.41, 5.74) is -1.07. The van der Waals surface area contributed by atoms with E-state index in [1.807, 2.05) is 0 Å². The summed E-state index contributed by atoms with van der Waals surface area (Å²) in [5.74, 6) is -2.13. The number of nitrogens with zero attached hydrogens (tertiary/aromatic N) is 2. The summed E-state index contributed by atoms with van der Waals surface area (Å²) in [5, 5.41) is 11.5. The predicted octanol–water partition coefficient (Wildman–Crippen LogP) is 2.26. The van der Waals surface area contributed by atoms with Crippen LogP contribution in [0, 0.1) is 11.8 Å². The average molecular weight is 277 g/mol. The molecule has 1 aromatic rings. The van der Waals surface area contributed by atoms with Crippen LogP contribution in [-0.2, 0) is 11.0 Å². The molecular weight excluding hydrogens is 263 g/mol. The van der Waals surface area contributed by atoms with Crippen LogP contribution >= 0.6 is 0 Å². The molecule has 106 valence electrons. The van der Waals surface area contributed by atoms with Crippen LogP contribution in [0.5, 0.6) is 0 Å². The highest BCUT2D eigenvalue weighted by Gasteiger charge is 2.32. The van der Waals surface area contributed by atoms with Crippen LogP contribution in [0.15, 0.2) is 12.3 Å². The van der Waals surface area contributed by atoms with Gasteiger partial charge in [0.2, 0.25) is 5.95 Å². The van der Waals surface area contributed by atoms with E-state index in [4.69, 9.17) is 5.11 Å². The van der Waals surface area contributed by atoms with Crippen LogP contribution in [0.2, 0.25) is 0 Å². The largest absolute Gasteiger partial charge is 0.481 e. The van der Waals surface area contributed by atoms with Crippen molar-refractivity contribution in [3.63, 3.8) is 0 Å². The first-order chi connectivity index (χ1) is 8.71. The van der Waals surface area contributed by atoms with E-state index in [0.29, 0.717) is 0 Å². The maximum atomic E-state index is 12.4. The lowest BCUT2D eigenvalue weighted by Gasteiger charge is -2.16. The number of carboxylic acids is 1. The smallest absolute Gasteiger partial charge is 0.433 e. The van der Waals surface area contributed by atoms with Gasteiger partial charge in [0.25, 0.3) is 0 Å². The van der Waals surface area contributed by atoms with E-state index in [0.717, 1.165) is 12.3 Å². The molecule has 0 aromatic carbocycles. The van der Waals surface area contributed by atoms with Gasteiger partial charge in [-0.2, -0.15) is 13.2 Å². The van der Waals surface area contributed by atoms with Crippen molar-refractivity contribution in [1.82, 2.24) is 9.97 Å². The fourth-order valence-corrected chi connectivity index (χ4v) is 1.41. The van der Waals surface area contributed by atoms with E-state index >= 15 is 0 Å². The molecule has 0 fully saturated rings. The zero-order chi connectivity index (χ0) is 14.6. The first-order valence-corrected chi connectivity index (χ1v) is 5.58. The number of aromatic nitrogens is 2. The molecule has 2 N–H and O–H groups in total. The van der Waals surface area contributed by atoms with Gasteiger partial charge in [0, 0.05) is 12.7 Å². The lowest BCUT2D eigenvalue weighted by atomic mass is 9.96. The van der Waals surface area contributed by atoms with Crippen molar-refractivity contribution in [3.05, 3.63) is 18.0 Å². The second kappa shape index (κ2) is 5.85. The molecule has 0 saturated heterocycles. The minimum absolute atomic E-state index is 0.0334. The highest BCUT2D eigenvalue weighted by Crippen LogP contribution is 2.27. The molecule has 1 aromatic heterocycles. The summed E-state index contributed by atoms with van der Waals surface area (Å²) in [6, 6.07) is 0.752. The first-order valence-electron chi connectivity index (χ1n) is 5.58. The predicted molar refractivity (Wildman–Crippen MR) is 61.5 cm³/mol. The van der Waals surface area contributed by atoms with Gasteiger partial charge < -0.3 is 10.4 Å². The molecule has 19 heavy (non-hydrogen) atoms. The first kappa shape index (κ1) is 15.2. The topological polar surface area (TPSA) is 75.1 Å². The fourth-order valence-electron chi connectivity index (χ4n) is 1.41. The van der Waals surface area contributed by atoms with Crippen LogP contribution in [-0.4, -0.2) is 27.6 Å². The Morgan fingerprint density at radius 1 is 1.47 bits per heavy atom. The third-order valence-electron chi connectivity index (χ3n) is 2.55. The van der Waals surface area contributed by atoms with Crippen molar-refractivity contribution in [3.8, 4) is 0 Å². The Bertz CT molecular complexity index is 449. The Morgan fingerprint density at radius 3 is 2.58 bits per heavy atom. The van der Waals surface area contributed by atoms with Crippen LogP contribution < -0.4 is 5.32 Å². The normalized spacial score (nSPS) is 13.4. The van der Waals surface area contributed by atoms with Gasteiger partial charge in [-0.25, -0.2) is 9.97 Å². The van der Waals surface area contributed by atoms with Crippen LogP contribution in [0.1, 0.15) is 19.5 Å². The summed E-state index contributed by atoms with van der Waals surface area (Å²) in [4.78, 5) is 17.9. The van der Waals surface area contributed by atoms with E-state index in [2.05, 4.69) is 15.3 Å². The molecule has 1 rings (SSSR count). The van der Waals surface area contributed by atoms with Crippen molar-refractivity contribution in [1.29, 1.82) is 0 Å². The maximum absolute atomic E-state index is 12.4. The van der Waals surface area contributed by atoms with Crippen molar-refractivity contribution in [2.24, 2.45) is 11.8 Å². The molecule has 0 bridgehead atoms. The Morgan fingerprint density at radius 2 is 2.11 bits per heavy atom. The highest BCUT2D eigenvalue weighted by atomic mass is 19.4. The summed E-state index contributed by atoms with van der Waals surface area (Å²) in [6.45, 7) is 3.40. The molecule has 0 aliphatic heterocycles. The fraction of sp³-hybridized carbons (Fsp3) is 0.545. The number of rotatable bonds is 5. The molecule has 0 amide bonds. The number of hydrogen-bond acceptors (Lipinski definition) is 4. The summed E-state index contributed by atoms with van der Waals surface area (Å²) in [6.07, 6.45) is -3.58. The number of hydrogen-bond donors (Lipinski definition) is 2. The van der Waals surface area contributed by atoms with Gasteiger partial charge >= 0.3 is 12.1 Å². The standard InChI is InChI=1S/C11H14F3N3O2/c1-6(2)7(9(18)19)5-16-10-15-4-3-8(17-10)11(12,13)14/h3-4,6-7H,5H2,1-2H3,(H,18,19)(H,15,16,17). The van der Waals surface area contributed by atoms with Crippen LogP contribution in [0.3, 0.4) is 0 Å². The van der Waals surface area contributed by atoms with Crippen LogP contribution in [0.25, 0.3) is 0 Å². The van der Waals surface area contributed by atoms with E-state index in [1.165, 1.54) is 0 Å². The van der Waals surface area contributed by atoms with Gasteiger partial charge in [-0.3, -0.25) is 4.79 Å². The number of aliphatic carboxylic acids is 1. The number of anilines is 1. The van der Waals surface area contributed by atoms with E-state index in [-0.39, 0.29) is 18.4 Å². The SMILES string of the molecule is CC(C)C(CNc1nccc(C(F)(F)F)n1)C(=O)O. The monoisotopic (exact) mass is 277 g/mol. The van der Waals surface area contributed by atoms with Gasteiger partial charge in [-0.05, 0) is 12.0 Å². The Kier molecular flexibility index (Phi) is 4.68. The molecule has 1 atom stereocenters. The maximum Gasteiger partial charge on any atom is 0.433 e. The molecule has 1 unspecified atom stereocenters. The molecule has 8 heteroatoms. The van der Waals surface area contributed by atoms with Gasteiger partial charge in [0.15, 0.2) is 0 Å². The Labute approximate surface area is 107 Å². The third-order valence-corrected chi connectivity index (χ3v) is 2.55. The molecule has 0 aliphatic rings. The highest BCUT2D eigenvalue weighted by molar-refractivity contribution is 5.71. The molecule has 1 heterocycles. The number of halogens is 3. The van der Waals surface area contributed by atoms with Gasteiger partial charge in [-0.15, -0.1) is 0 Å². The molecular formula is C11H14F3N3O2. The number of carboxylic acid groups (broad SMARTS) is 1. The van der Waals surface area contributed by atoms with Gasteiger partial charge in [-0.1, -0.05) is 13.8 Å². The quantitative estimate of drug-likeness (QED) is 0.863. The molecule has 0 radical (unpaired) electrons. The molecule has 0 aliphatic carbocycles. The molecule has 0 spiro atoms. The minimum atomic E-state index is -4.55. The molecule has 0 saturated carbocycles. The summed E-state index contributed by atoms with van der Waals surface area (Å²) in [7, 11) is 0. The zero-order valence-electron chi connectivity index (χ0n) is 10.4. The Balaban J connectivity index is 2.75. The average Bonchev–Trinajstić information content (AvgIpc) is 2.27. The minimum Gasteiger partial charge on any atom is -0.481 e. The molecule has 5 nitrogen and oxygen atoms in total. The van der Waals surface area contributed by atoms with Gasteiger partial charge in [0.05, 0.1) is 5.92 Å². The van der Waals surface area contributed by atoms with E-state index in [1.54, 1.807) is 13.8 Å². The second-order valence-electron chi connectivity index (χ2n) is 4.33. The number of nitrogens with one attached hydrogen (secondary N) is 1. The van der Waals surface area contributed by atoms with Crippen molar-refractivity contribution in [2.75, 3.05) is 11.9 Å². The van der Waals surface area contributed by atoms with Gasteiger partial charge in [0.1, 0.15) is 5.69 Å². The lowest BCUT2D eigenvalue weighted by molar-refractivity contribution is -0.143. The lowest BCUT2D eigenvalue weighted by Crippen LogP contribution is -2.28. The number of alkyl halides is 3. The summed E-state index contributed by atoms with van der Waals surface area (Å²) >= 11 is 0. The van der Waals surface area contributed by atoms with Crippen molar-refractivity contribution < 1.29 is 23.1 Å². The third kappa shape index (κ3) is 4.38.